The van der Waals surface area contributed by atoms with Crippen molar-refractivity contribution in [1.29, 1.82) is 0 Å². The fourth-order valence-corrected chi connectivity index (χ4v) is 0.747. The lowest BCUT2D eigenvalue weighted by Crippen LogP contribution is -1.83. The minimum absolute atomic E-state index is 0.491. The highest BCUT2D eigenvalue weighted by molar-refractivity contribution is 5.60. The Kier molecular flexibility index (Phi) is 0.943. The maximum atomic E-state index is 4.89. The van der Waals surface area contributed by atoms with Gasteiger partial charge in [0.2, 0.25) is 5.65 Å². The van der Waals surface area contributed by atoms with Crippen LogP contribution in [0.4, 0.5) is 0 Å². The maximum absolute atomic E-state index is 4.89. The number of hydrogen-bond acceptors (Lipinski definition) is 4. The van der Waals surface area contributed by atoms with Gasteiger partial charge in [0.05, 0.1) is 11.9 Å². The predicted octanol–water partition coefficient (Wildman–Crippen LogP) is 0.926. The molecule has 0 aliphatic heterocycles. The van der Waals surface area contributed by atoms with E-state index in [4.69, 9.17) is 4.42 Å². The molecule has 10 heavy (non-hydrogen) atoms. The van der Waals surface area contributed by atoms with Crippen molar-refractivity contribution in [3.63, 3.8) is 0 Å². The van der Waals surface area contributed by atoms with Gasteiger partial charge in [-0.25, -0.2) is 9.97 Å². The molecule has 2 aromatic rings. The molecule has 0 saturated heterocycles. The summed E-state index contributed by atoms with van der Waals surface area (Å²) in [6.07, 6.45) is 2.98. The van der Waals surface area contributed by atoms with Crippen LogP contribution in [0.25, 0.3) is 11.4 Å². The normalized spacial score (nSPS) is 10.5. The molecule has 2 rings (SSSR count). The molecule has 0 spiro atoms. The Morgan fingerprint density at radius 2 is 2.30 bits per heavy atom. The van der Waals surface area contributed by atoms with E-state index in [1.807, 2.05) is 6.92 Å². The second-order valence-corrected chi connectivity index (χ2v) is 1.99. The van der Waals surface area contributed by atoms with Crippen molar-refractivity contribution < 1.29 is 4.42 Å². The van der Waals surface area contributed by atoms with E-state index < -0.39 is 0 Å². The number of fused-ring (bicyclic) bond motifs is 1. The molecule has 4 heteroatoms. The van der Waals surface area contributed by atoms with E-state index in [0.717, 1.165) is 5.69 Å². The van der Waals surface area contributed by atoms with E-state index in [0.29, 0.717) is 11.4 Å². The maximum Gasteiger partial charge on any atom is 0.266 e. The monoisotopic (exact) mass is 135 g/mol. The van der Waals surface area contributed by atoms with Crippen LogP contribution in [0, 0.1) is 6.92 Å². The molecule has 2 aromatic heterocycles. The van der Waals surface area contributed by atoms with Crippen LogP contribution in [0.5, 0.6) is 0 Å². The average Bonchev–Trinajstić information content (AvgIpc) is 2.33. The van der Waals surface area contributed by atoms with Gasteiger partial charge in [-0.1, -0.05) is 0 Å². The molecular formula is C6H5N3O. The summed E-state index contributed by atoms with van der Waals surface area (Å²) in [6.45, 7) is 1.86. The molecule has 0 aliphatic rings. The van der Waals surface area contributed by atoms with Gasteiger partial charge in [-0.15, -0.1) is 0 Å². The van der Waals surface area contributed by atoms with Crippen molar-refractivity contribution in [1.82, 2.24) is 15.0 Å². The quantitative estimate of drug-likeness (QED) is 0.539. The van der Waals surface area contributed by atoms with Gasteiger partial charge in [0.25, 0.3) is 5.71 Å². The Hall–Kier alpha value is -1.45. The lowest BCUT2D eigenvalue weighted by atomic mass is 10.5. The largest absolute Gasteiger partial charge is 0.424 e. The fraction of sp³-hybridized carbons (Fsp3) is 0.167. The van der Waals surface area contributed by atoms with Gasteiger partial charge >= 0.3 is 0 Å². The first-order valence-electron chi connectivity index (χ1n) is 2.89. The zero-order valence-electron chi connectivity index (χ0n) is 5.40. The van der Waals surface area contributed by atoms with E-state index in [1.54, 1.807) is 6.20 Å². The summed E-state index contributed by atoms with van der Waals surface area (Å²) in [5.41, 5.74) is 1.91. The molecule has 50 valence electrons. The van der Waals surface area contributed by atoms with E-state index >= 15 is 0 Å². The number of rotatable bonds is 0. The Morgan fingerprint density at radius 1 is 1.40 bits per heavy atom. The molecule has 0 fully saturated rings. The average molecular weight is 135 g/mol. The van der Waals surface area contributed by atoms with Gasteiger partial charge in [0, 0.05) is 0 Å². The van der Waals surface area contributed by atoms with Gasteiger partial charge in [-0.3, -0.25) is 0 Å². The molecule has 0 N–H and O–H groups in total. The van der Waals surface area contributed by atoms with E-state index in [-0.39, 0.29) is 0 Å². The Labute approximate surface area is 56.9 Å². The molecule has 2 heterocycles. The molecule has 0 unspecified atom stereocenters. The summed E-state index contributed by atoms with van der Waals surface area (Å²) in [4.78, 5) is 11.9. The van der Waals surface area contributed by atoms with Crippen LogP contribution in [0.2, 0.25) is 0 Å². The van der Waals surface area contributed by atoms with E-state index in [2.05, 4.69) is 15.0 Å². The molecule has 0 atom stereocenters. The first-order chi connectivity index (χ1) is 4.86. The van der Waals surface area contributed by atoms with Gasteiger partial charge in [0.1, 0.15) is 0 Å². The summed E-state index contributed by atoms with van der Waals surface area (Å²) < 4.78 is 4.89. The molecule has 0 amide bonds. The summed E-state index contributed by atoms with van der Waals surface area (Å²) in [7, 11) is 0. The highest BCUT2D eigenvalue weighted by atomic mass is 16.3. The van der Waals surface area contributed by atoms with Crippen LogP contribution < -0.4 is 0 Å². The van der Waals surface area contributed by atoms with Gasteiger partial charge in [-0.05, 0) is 6.92 Å². The lowest BCUT2D eigenvalue weighted by Gasteiger charge is -1.86. The third-order valence-electron chi connectivity index (χ3n) is 1.18. The first kappa shape index (κ1) is 5.34. The standard InChI is InChI=1S/C6H5N3O/c1-4-2-7-6-5(9-4)8-3-10-6/h2-3H,1H3. The zero-order valence-corrected chi connectivity index (χ0v) is 5.40. The Bertz CT molecular complexity index is 355. The minimum atomic E-state index is 0.491. The van der Waals surface area contributed by atoms with Gasteiger partial charge in [0.15, 0.2) is 6.39 Å². The Morgan fingerprint density at radius 3 is 3.20 bits per heavy atom. The molecule has 0 aliphatic carbocycles. The number of aromatic nitrogens is 3. The third kappa shape index (κ3) is 0.655. The summed E-state index contributed by atoms with van der Waals surface area (Å²) >= 11 is 0. The topological polar surface area (TPSA) is 51.8 Å². The van der Waals surface area contributed by atoms with Gasteiger partial charge < -0.3 is 4.42 Å². The first-order valence-corrected chi connectivity index (χ1v) is 2.89. The highest BCUT2D eigenvalue weighted by Crippen LogP contribution is 2.04. The summed E-state index contributed by atoms with van der Waals surface area (Å²) in [6, 6.07) is 0. The van der Waals surface area contributed by atoms with Crippen LogP contribution in [0.15, 0.2) is 17.0 Å². The number of nitrogens with zero attached hydrogens (tertiary/aromatic N) is 3. The van der Waals surface area contributed by atoms with Crippen molar-refractivity contribution in [3.8, 4) is 0 Å². The van der Waals surface area contributed by atoms with Crippen LogP contribution in [0.1, 0.15) is 5.69 Å². The lowest BCUT2D eigenvalue weighted by molar-refractivity contribution is 0.590. The van der Waals surface area contributed by atoms with Gasteiger partial charge in [-0.2, -0.15) is 4.98 Å². The van der Waals surface area contributed by atoms with Crippen molar-refractivity contribution in [2.24, 2.45) is 0 Å². The third-order valence-corrected chi connectivity index (χ3v) is 1.18. The molecule has 0 saturated carbocycles. The summed E-state index contributed by atoms with van der Waals surface area (Å²) in [5.74, 6) is 0. The van der Waals surface area contributed by atoms with Crippen LogP contribution in [-0.2, 0) is 0 Å². The zero-order chi connectivity index (χ0) is 6.97. The van der Waals surface area contributed by atoms with Crippen molar-refractivity contribution in [2.45, 2.75) is 6.92 Å². The molecule has 4 nitrogen and oxygen atoms in total. The number of hydrogen-bond donors (Lipinski definition) is 0. The smallest absolute Gasteiger partial charge is 0.266 e. The Balaban J connectivity index is 2.86. The van der Waals surface area contributed by atoms with Crippen LogP contribution in [0.3, 0.4) is 0 Å². The summed E-state index contributed by atoms with van der Waals surface area (Å²) in [5, 5.41) is 0. The number of oxazole rings is 1. The van der Waals surface area contributed by atoms with Crippen molar-refractivity contribution in [2.75, 3.05) is 0 Å². The van der Waals surface area contributed by atoms with Crippen molar-refractivity contribution >= 4 is 11.4 Å². The fourth-order valence-electron chi connectivity index (χ4n) is 0.747. The SMILES string of the molecule is Cc1cnc2ocnc2n1. The molecule has 0 radical (unpaired) electrons. The van der Waals surface area contributed by atoms with Crippen LogP contribution >= 0.6 is 0 Å². The predicted molar refractivity (Wildman–Crippen MR) is 34.3 cm³/mol. The second kappa shape index (κ2) is 1.76. The number of aryl methyl sites for hydroxylation is 1. The minimum Gasteiger partial charge on any atom is -0.424 e. The molecular weight excluding hydrogens is 130 g/mol. The van der Waals surface area contributed by atoms with Crippen LogP contribution in [-0.4, -0.2) is 15.0 Å². The molecule has 0 aromatic carbocycles. The van der Waals surface area contributed by atoms with E-state index in [9.17, 15) is 0 Å². The van der Waals surface area contributed by atoms with Crippen molar-refractivity contribution in [3.05, 3.63) is 18.3 Å². The highest BCUT2D eigenvalue weighted by Gasteiger charge is 1.98. The molecule has 0 bridgehead atoms. The van der Waals surface area contributed by atoms with E-state index in [1.165, 1.54) is 6.39 Å². The second-order valence-electron chi connectivity index (χ2n) is 1.99.